The number of anilines is 1. The van der Waals surface area contributed by atoms with Crippen LogP contribution in [-0.4, -0.2) is 39.3 Å². The van der Waals surface area contributed by atoms with Crippen molar-refractivity contribution in [1.82, 2.24) is 10.3 Å². The molecule has 1 aliphatic carbocycles. The number of hydrogen-bond acceptors (Lipinski definition) is 5. The molecule has 7 heteroatoms. The number of carbonyl (C=O) groups excluding carboxylic acids is 2. The number of carbonyl (C=O) groups is 2. The Hall–Kier alpha value is -2.67. The van der Waals surface area contributed by atoms with Crippen molar-refractivity contribution in [2.45, 2.75) is 70.6 Å². The summed E-state index contributed by atoms with van der Waals surface area (Å²) >= 11 is 0. The van der Waals surface area contributed by atoms with Crippen LogP contribution in [0.1, 0.15) is 52.1 Å². The molecule has 1 aromatic carbocycles. The number of ether oxygens (including phenoxy) is 1. The van der Waals surface area contributed by atoms with Crippen LogP contribution in [0, 0.1) is 6.92 Å². The maximum atomic E-state index is 13.1. The van der Waals surface area contributed by atoms with Crippen molar-refractivity contribution in [2.75, 3.05) is 5.32 Å². The average Bonchev–Trinajstić information content (AvgIpc) is 2.62. The van der Waals surface area contributed by atoms with E-state index < -0.39 is 29.2 Å². The van der Waals surface area contributed by atoms with Gasteiger partial charge in [-0.15, -0.1) is 0 Å². The normalized spacial score (nSPS) is 22.2. The number of alkyl carbamates (subject to hydrolysis) is 1. The first-order chi connectivity index (χ1) is 13.6. The lowest BCUT2D eigenvalue weighted by Gasteiger charge is -2.39. The third kappa shape index (κ3) is 4.85. The summed E-state index contributed by atoms with van der Waals surface area (Å²) in [6, 6.07) is 8.63. The van der Waals surface area contributed by atoms with Gasteiger partial charge in [0.05, 0.1) is 17.2 Å². The molecule has 0 bridgehead atoms. The number of nitrogens with zero attached hydrogens (tertiary/aromatic N) is 1. The zero-order chi connectivity index (χ0) is 21.2. The van der Waals surface area contributed by atoms with Gasteiger partial charge < -0.3 is 20.5 Å². The predicted octanol–water partition coefficient (Wildman–Crippen LogP) is 3.68. The molecule has 2 atom stereocenters. The second-order valence-corrected chi connectivity index (χ2v) is 8.65. The third-order valence-electron chi connectivity index (χ3n) is 5.07. The van der Waals surface area contributed by atoms with E-state index in [9.17, 15) is 14.7 Å². The minimum atomic E-state index is -1.72. The van der Waals surface area contributed by atoms with Gasteiger partial charge in [-0.05, 0) is 59.1 Å². The monoisotopic (exact) mass is 399 g/mol. The highest BCUT2D eigenvalue weighted by atomic mass is 16.6. The Labute approximate surface area is 170 Å². The molecule has 0 aliphatic heterocycles. The summed E-state index contributed by atoms with van der Waals surface area (Å²) in [7, 11) is 0. The van der Waals surface area contributed by atoms with Crippen LogP contribution < -0.4 is 10.6 Å². The minimum Gasteiger partial charge on any atom is -0.444 e. The van der Waals surface area contributed by atoms with Crippen molar-refractivity contribution in [3.8, 4) is 0 Å². The lowest BCUT2D eigenvalue weighted by molar-refractivity contribution is -0.140. The van der Waals surface area contributed by atoms with Crippen LogP contribution in [0.4, 0.5) is 10.5 Å². The number of amides is 2. The lowest BCUT2D eigenvalue weighted by Crippen LogP contribution is -2.61. The number of benzene rings is 1. The first kappa shape index (κ1) is 21.0. The number of aryl methyl sites for hydroxylation is 1. The Morgan fingerprint density at radius 3 is 2.69 bits per heavy atom. The third-order valence-corrected chi connectivity index (χ3v) is 5.07. The number of aromatic nitrogens is 1. The molecule has 0 saturated heterocycles. The summed E-state index contributed by atoms with van der Waals surface area (Å²) in [6.45, 7) is 7.18. The van der Waals surface area contributed by atoms with Gasteiger partial charge in [-0.1, -0.05) is 24.6 Å². The van der Waals surface area contributed by atoms with E-state index in [4.69, 9.17) is 4.74 Å². The van der Waals surface area contributed by atoms with Crippen LogP contribution in [0.3, 0.4) is 0 Å². The SMILES string of the molecule is Cc1ccc2cccc(NC(=O)C3(O)CCCCC3NC(=O)OC(C)(C)C)c2n1. The fraction of sp³-hybridized carbons (Fsp3) is 0.500. The van der Waals surface area contributed by atoms with Crippen LogP contribution in [-0.2, 0) is 9.53 Å². The highest BCUT2D eigenvalue weighted by Crippen LogP contribution is 2.31. The molecule has 156 valence electrons. The topological polar surface area (TPSA) is 101 Å². The summed E-state index contributed by atoms with van der Waals surface area (Å²) < 4.78 is 5.30. The number of pyridine rings is 1. The van der Waals surface area contributed by atoms with Gasteiger partial charge in [0, 0.05) is 11.1 Å². The molecule has 0 spiro atoms. The van der Waals surface area contributed by atoms with Crippen LogP contribution in [0.15, 0.2) is 30.3 Å². The highest BCUT2D eigenvalue weighted by molar-refractivity contribution is 6.04. The zero-order valence-electron chi connectivity index (χ0n) is 17.4. The summed E-state index contributed by atoms with van der Waals surface area (Å²) in [6.07, 6.45) is 1.62. The molecule has 1 fully saturated rings. The average molecular weight is 399 g/mol. The molecule has 29 heavy (non-hydrogen) atoms. The van der Waals surface area contributed by atoms with Crippen LogP contribution in [0.5, 0.6) is 0 Å². The smallest absolute Gasteiger partial charge is 0.407 e. The summed E-state index contributed by atoms with van der Waals surface area (Å²) in [5.41, 5.74) is -0.351. The Morgan fingerprint density at radius 2 is 1.97 bits per heavy atom. The number of fused-ring (bicyclic) bond motifs is 1. The molecule has 1 aliphatic rings. The minimum absolute atomic E-state index is 0.260. The molecular formula is C22H29N3O4. The second kappa shape index (κ2) is 7.99. The zero-order valence-corrected chi connectivity index (χ0v) is 17.4. The number of para-hydroxylation sites is 1. The quantitative estimate of drug-likeness (QED) is 0.731. The van der Waals surface area contributed by atoms with Gasteiger partial charge in [0.2, 0.25) is 0 Å². The molecule has 2 unspecified atom stereocenters. The van der Waals surface area contributed by atoms with E-state index in [0.29, 0.717) is 24.0 Å². The molecule has 2 amide bonds. The predicted molar refractivity (Wildman–Crippen MR) is 112 cm³/mol. The van der Waals surface area contributed by atoms with Gasteiger partial charge in [0.1, 0.15) is 5.60 Å². The van der Waals surface area contributed by atoms with E-state index in [2.05, 4.69) is 15.6 Å². The fourth-order valence-electron chi connectivity index (χ4n) is 3.65. The summed E-state index contributed by atoms with van der Waals surface area (Å²) in [5.74, 6) is -0.547. The van der Waals surface area contributed by atoms with Crippen LogP contribution in [0.25, 0.3) is 10.9 Å². The maximum Gasteiger partial charge on any atom is 0.407 e. The van der Waals surface area contributed by atoms with Crippen molar-refractivity contribution in [3.63, 3.8) is 0 Å². The number of rotatable bonds is 3. The summed E-state index contributed by atoms with van der Waals surface area (Å²) in [4.78, 5) is 29.9. The largest absolute Gasteiger partial charge is 0.444 e. The van der Waals surface area contributed by atoms with E-state index in [1.54, 1.807) is 26.8 Å². The van der Waals surface area contributed by atoms with Gasteiger partial charge in [-0.25, -0.2) is 4.79 Å². The number of aliphatic hydroxyl groups is 1. The van der Waals surface area contributed by atoms with Crippen molar-refractivity contribution in [2.24, 2.45) is 0 Å². The Balaban J connectivity index is 1.82. The van der Waals surface area contributed by atoms with Crippen molar-refractivity contribution < 1.29 is 19.4 Å². The van der Waals surface area contributed by atoms with Gasteiger partial charge in [-0.3, -0.25) is 9.78 Å². The van der Waals surface area contributed by atoms with Gasteiger partial charge in [-0.2, -0.15) is 0 Å². The fourth-order valence-corrected chi connectivity index (χ4v) is 3.65. The second-order valence-electron chi connectivity index (χ2n) is 8.65. The maximum absolute atomic E-state index is 13.1. The molecular weight excluding hydrogens is 370 g/mol. The molecule has 7 nitrogen and oxygen atoms in total. The Kier molecular flexibility index (Phi) is 5.80. The molecule has 2 aromatic rings. The van der Waals surface area contributed by atoms with E-state index in [1.807, 2.05) is 31.2 Å². The van der Waals surface area contributed by atoms with E-state index in [0.717, 1.165) is 17.5 Å². The molecule has 0 radical (unpaired) electrons. The standard InChI is InChI=1S/C22H29N3O4/c1-14-11-12-15-8-7-9-16(18(15)23-14)24-19(26)22(28)13-6-5-10-17(22)25-20(27)29-21(2,3)4/h7-9,11-12,17,28H,5-6,10,13H2,1-4H3,(H,24,26)(H,25,27). The van der Waals surface area contributed by atoms with Crippen molar-refractivity contribution in [3.05, 3.63) is 36.0 Å². The van der Waals surface area contributed by atoms with E-state index in [-0.39, 0.29) is 6.42 Å². The summed E-state index contributed by atoms with van der Waals surface area (Å²) in [5, 5.41) is 17.6. The van der Waals surface area contributed by atoms with Crippen molar-refractivity contribution in [1.29, 1.82) is 0 Å². The highest BCUT2D eigenvalue weighted by Gasteiger charge is 2.46. The van der Waals surface area contributed by atoms with Crippen LogP contribution in [0.2, 0.25) is 0 Å². The molecule has 3 N–H and O–H groups in total. The molecule has 1 saturated carbocycles. The Morgan fingerprint density at radius 1 is 1.21 bits per heavy atom. The van der Waals surface area contributed by atoms with E-state index in [1.165, 1.54) is 0 Å². The Bertz CT molecular complexity index is 922. The van der Waals surface area contributed by atoms with E-state index >= 15 is 0 Å². The first-order valence-corrected chi connectivity index (χ1v) is 9.98. The van der Waals surface area contributed by atoms with Crippen molar-refractivity contribution >= 4 is 28.6 Å². The van der Waals surface area contributed by atoms with Gasteiger partial charge >= 0.3 is 6.09 Å². The lowest BCUT2D eigenvalue weighted by atomic mass is 9.79. The molecule has 1 aromatic heterocycles. The van der Waals surface area contributed by atoms with Crippen LogP contribution >= 0.6 is 0 Å². The number of hydrogen-bond donors (Lipinski definition) is 3. The van der Waals surface area contributed by atoms with Gasteiger partial charge in [0.15, 0.2) is 5.60 Å². The first-order valence-electron chi connectivity index (χ1n) is 9.98. The van der Waals surface area contributed by atoms with Gasteiger partial charge in [0.25, 0.3) is 5.91 Å². The molecule has 1 heterocycles. The number of nitrogens with one attached hydrogen (secondary N) is 2. The molecule has 3 rings (SSSR count).